The third kappa shape index (κ3) is 2.32. The quantitative estimate of drug-likeness (QED) is 0.476. The normalized spacial score (nSPS) is 13.1. The molecule has 3 heterocycles. The third-order valence-electron chi connectivity index (χ3n) is 3.04. The number of hydrogen-bond acceptors (Lipinski definition) is 5. The van der Waals surface area contributed by atoms with Crippen molar-refractivity contribution in [1.82, 2.24) is 9.97 Å². The molecule has 21 heavy (non-hydrogen) atoms. The van der Waals surface area contributed by atoms with Crippen molar-refractivity contribution in [2.75, 3.05) is 6.79 Å². The van der Waals surface area contributed by atoms with E-state index in [4.69, 9.17) is 21.1 Å². The van der Waals surface area contributed by atoms with E-state index in [1.54, 1.807) is 11.3 Å². The first-order chi connectivity index (χ1) is 10.1. The Balaban J connectivity index is 1.96. The Hall–Kier alpha value is -0.890. The molecular weight excluding hydrogens is 443 g/mol. The Morgan fingerprint density at radius 1 is 1.10 bits per heavy atom. The van der Waals surface area contributed by atoms with Gasteiger partial charge in [-0.05, 0) is 44.0 Å². The number of fused-ring (bicyclic) bond motifs is 2. The van der Waals surface area contributed by atoms with Crippen LogP contribution in [0.2, 0.25) is 5.15 Å². The fourth-order valence-electron chi connectivity index (χ4n) is 2.09. The van der Waals surface area contributed by atoms with Crippen molar-refractivity contribution in [2.45, 2.75) is 0 Å². The van der Waals surface area contributed by atoms with E-state index in [1.807, 2.05) is 18.2 Å². The monoisotopic (exact) mass is 446 g/mol. The lowest BCUT2D eigenvalue weighted by molar-refractivity contribution is 0.174. The Morgan fingerprint density at radius 3 is 2.57 bits per heavy atom. The predicted octanol–water partition coefficient (Wildman–Crippen LogP) is 5.27. The van der Waals surface area contributed by atoms with Crippen LogP contribution in [0, 0.1) is 0 Å². The van der Waals surface area contributed by atoms with Gasteiger partial charge in [0.05, 0.1) is 13.1 Å². The molecule has 2 aromatic heterocycles. The van der Waals surface area contributed by atoms with Crippen molar-refractivity contribution in [1.29, 1.82) is 0 Å². The molecule has 0 spiro atoms. The van der Waals surface area contributed by atoms with Gasteiger partial charge in [0.2, 0.25) is 6.79 Å². The largest absolute Gasteiger partial charge is 0.454 e. The van der Waals surface area contributed by atoms with Gasteiger partial charge in [-0.1, -0.05) is 11.6 Å². The minimum atomic E-state index is 0.215. The first kappa shape index (κ1) is 13.8. The molecule has 0 unspecified atom stereocenters. The van der Waals surface area contributed by atoms with Crippen LogP contribution in [0.15, 0.2) is 25.8 Å². The fraction of sp³-hybridized carbons (Fsp3) is 0.0769. The summed E-state index contributed by atoms with van der Waals surface area (Å²) in [6, 6.07) is 5.59. The number of aromatic nitrogens is 2. The summed E-state index contributed by atoms with van der Waals surface area (Å²) in [7, 11) is 0. The molecule has 1 aromatic carbocycles. The van der Waals surface area contributed by atoms with Gasteiger partial charge in [0.25, 0.3) is 0 Å². The van der Waals surface area contributed by atoms with Crippen LogP contribution in [-0.4, -0.2) is 16.8 Å². The highest BCUT2D eigenvalue weighted by molar-refractivity contribution is 9.12. The standard InChI is InChI=1S/C13H5Br2ClN2O2S/c14-10-2-6(11(15)21-10)13-17-7-3-9-8(19-4-20-9)1-5(7)12(16)18-13/h1-3H,4H2. The van der Waals surface area contributed by atoms with E-state index in [-0.39, 0.29) is 6.79 Å². The fourth-order valence-corrected chi connectivity index (χ4v) is 5.12. The summed E-state index contributed by atoms with van der Waals surface area (Å²) >= 11 is 14.8. The van der Waals surface area contributed by atoms with Gasteiger partial charge in [-0.2, -0.15) is 0 Å². The molecule has 0 atom stereocenters. The van der Waals surface area contributed by atoms with Gasteiger partial charge >= 0.3 is 0 Å². The van der Waals surface area contributed by atoms with E-state index >= 15 is 0 Å². The van der Waals surface area contributed by atoms with Gasteiger partial charge in [-0.25, -0.2) is 9.97 Å². The van der Waals surface area contributed by atoms with Gasteiger partial charge in [-0.3, -0.25) is 0 Å². The van der Waals surface area contributed by atoms with Crippen LogP contribution in [0.5, 0.6) is 11.5 Å². The highest BCUT2D eigenvalue weighted by Crippen LogP contribution is 2.40. The molecule has 8 heteroatoms. The number of thiophene rings is 1. The van der Waals surface area contributed by atoms with Crippen LogP contribution in [0.4, 0.5) is 0 Å². The molecule has 0 radical (unpaired) electrons. The maximum absolute atomic E-state index is 6.30. The molecule has 0 saturated heterocycles. The van der Waals surface area contributed by atoms with Gasteiger partial charge in [0.15, 0.2) is 17.3 Å². The zero-order valence-corrected chi connectivity index (χ0v) is 14.9. The summed E-state index contributed by atoms with van der Waals surface area (Å²) < 4.78 is 12.7. The summed E-state index contributed by atoms with van der Waals surface area (Å²) in [6.45, 7) is 0.215. The lowest BCUT2D eigenvalue weighted by Crippen LogP contribution is -1.92. The highest BCUT2D eigenvalue weighted by Gasteiger charge is 2.19. The van der Waals surface area contributed by atoms with Gasteiger partial charge in [0, 0.05) is 17.0 Å². The van der Waals surface area contributed by atoms with Crippen LogP contribution < -0.4 is 9.47 Å². The third-order valence-corrected chi connectivity index (χ3v) is 5.67. The van der Waals surface area contributed by atoms with Crippen LogP contribution in [0.25, 0.3) is 22.3 Å². The zero-order valence-electron chi connectivity index (χ0n) is 10.2. The summed E-state index contributed by atoms with van der Waals surface area (Å²) in [5, 5.41) is 1.14. The highest BCUT2D eigenvalue weighted by atomic mass is 79.9. The number of nitrogens with zero attached hydrogens (tertiary/aromatic N) is 2. The Kier molecular flexibility index (Phi) is 3.33. The molecule has 4 rings (SSSR count). The van der Waals surface area contributed by atoms with Gasteiger partial charge in [0.1, 0.15) is 5.15 Å². The van der Waals surface area contributed by atoms with E-state index in [0.717, 1.165) is 24.0 Å². The van der Waals surface area contributed by atoms with Crippen LogP contribution in [0.3, 0.4) is 0 Å². The van der Waals surface area contributed by atoms with E-state index < -0.39 is 0 Å². The van der Waals surface area contributed by atoms with Crippen LogP contribution in [0.1, 0.15) is 0 Å². The molecule has 0 amide bonds. The Labute approximate surface area is 145 Å². The van der Waals surface area contributed by atoms with E-state index in [0.29, 0.717) is 22.5 Å². The number of halogens is 3. The molecule has 3 aromatic rings. The van der Waals surface area contributed by atoms with Crippen molar-refractivity contribution >= 4 is 65.7 Å². The zero-order chi connectivity index (χ0) is 14.6. The first-order valence-corrected chi connectivity index (χ1v) is 8.62. The SMILES string of the molecule is Clc1nc(-c2cc(Br)sc2Br)nc2cc3c(cc12)OCO3. The van der Waals surface area contributed by atoms with Crippen molar-refractivity contribution in [3.05, 3.63) is 30.9 Å². The number of ether oxygens (including phenoxy) is 2. The molecule has 0 bridgehead atoms. The lowest BCUT2D eigenvalue weighted by atomic mass is 10.2. The molecule has 106 valence electrons. The topological polar surface area (TPSA) is 44.2 Å². The molecule has 0 saturated carbocycles. The summed E-state index contributed by atoms with van der Waals surface area (Å²) in [4.78, 5) is 8.97. The molecule has 0 N–H and O–H groups in total. The Bertz CT molecular complexity index is 884. The lowest BCUT2D eigenvalue weighted by Gasteiger charge is -2.05. The summed E-state index contributed by atoms with van der Waals surface area (Å²) in [5.74, 6) is 1.91. The molecule has 1 aliphatic heterocycles. The second-order valence-electron chi connectivity index (χ2n) is 4.30. The number of benzene rings is 1. The number of rotatable bonds is 1. The van der Waals surface area contributed by atoms with E-state index in [1.165, 1.54) is 0 Å². The second kappa shape index (κ2) is 5.08. The maximum Gasteiger partial charge on any atom is 0.231 e. The van der Waals surface area contributed by atoms with Crippen LogP contribution >= 0.6 is 54.8 Å². The molecule has 4 nitrogen and oxygen atoms in total. The van der Waals surface area contributed by atoms with E-state index in [9.17, 15) is 0 Å². The molecule has 1 aliphatic rings. The second-order valence-corrected chi connectivity index (χ2v) is 8.41. The van der Waals surface area contributed by atoms with Gasteiger partial charge < -0.3 is 9.47 Å². The number of hydrogen-bond donors (Lipinski definition) is 0. The average Bonchev–Trinajstić information content (AvgIpc) is 3.02. The van der Waals surface area contributed by atoms with Crippen molar-refractivity contribution in [3.63, 3.8) is 0 Å². The van der Waals surface area contributed by atoms with Gasteiger partial charge in [-0.15, -0.1) is 11.3 Å². The molecule has 0 fully saturated rings. The molecular formula is C13H5Br2ClN2O2S. The minimum Gasteiger partial charge on any atom is -0.454 e. The van der Waals surface area contributed by atoms with Crippen LogP contribution in [-0.2, 0) is 0 Å². The van der Waals surface area contributed by atoms with E-state index in [2.05, 4.69) is 41.8 Å². The minimum absolute atomic E-state index is 0.215. The maximum atomic E-state index is 6.30. The first-order valence-electron chi connectivity index (χ1n) is 5.84. The smallest absolute Gasteiger partial charge is 0.231 e. The van der Waals surface area contributed by atoms with Crippen molar-refractivity contribution < 1.29 is 9.47 Å². The Morgan fingerprint density at radius 2 is 1.86 bits per heavy atom. The summed E-state index contributed by atoms with van der Waals surface area (Å²) in [6.07, 6.45) is 0. The van der Waals surface area contributed by atoms with Crippen molar-refractivity contribution in [2.24, 2.45) is 0 Å². The predicted molar refractivity (Wildman–Crippen MR) is 89.4 cm³/mol. The molecule has 0 aliphatic carbocycles. The van der Waals surface area contributed by atoms with Crippen molar-refractivity contribution in [3.8, 4) is 22.9 Å². The summed E-state index contributed by atoms with van der Waals surface area (Å²) in [5.41, 5.74) is 1.62. The average molecular weight is 449 g/mol.